The molecule has 0 unspecified atom stereocenters. The topological polar surface area (TPSA) is 12.0 Å². The normalized spacial score (nSPS) is 11.2. The first kappa shape index (κ1) is 13.6. The Labute approximate surface area is 107 Å². The average Bonchev–Trinajstić information content (AvgIpc) is 2.29. The largest absolute Gasteiger partial charge is 0.316 e. The van der Waals surface area contributed by atoms with Crippen LogP contribution in [0.5, 0.6) is 0 Å². The molecule has 0 radical (unpaired) electrons. The minimum absolute atomic E-state index is 0.605. The van der Waals surface area contributed by atoms with Gasteiger partial charge >= 0.3 is 0 Å². The molecule has 0 saturated heterocycles. The van der Waals surface area contributed by atoms with Crippen LogP contribution in [0.1, 0.15) is 25.3 Å². The summed E-state index contributed by atoms with van der Waals surface area (Å²) in [4.78, 5) is 0. The summed E-state index contributed by atoms with van der Waals surface area (Å²) in [6.45, 7) is 4.24. The van der Waals surface area contributed by atoms with Gasteiger partial charge < -0.3 is 5.32 Å². The smallest absolute Gasteiger partial charge is 0.0664 e. The summed E-state index contributed by atoms with van der Waals surface area (Å²) in [6.07, 6.45) is 6.30. The molecule has 0 saturated carbocycles. The quantitative estimate of drug-likeness (QED) is 0.746. The molecule has 16 heavy (non-hydrogen) atoms. The second-order valence-corrected chi connectivity index (χ2v) is 4.37. The Morgan fingerprint density at radius 3 is 2.81 bits per heavy atom. The van der Waals surface area contributed by atoms with Gasteiger partial charge in [0.1, 0.15) is 0 Å². The number of halogens is 2. The summed E-state index contributed by atoms with van der Waals surface area (Å²) >= 11 is 12.0. The van der Waals surface area contributed by atoms with Gasteiger partial charge in [0.25, 0.3) is 0 Å². The monoisotopic (exact) mass is 257 g/mol. The molecule has 0 amide bonds. The van der Waals surface area contributed by atoms with Crippen molar-refractivity contribution in [3.8, 4) is 0 Å². The van der Waals surface area contributed by atoms with E-state index in [0.29, 0.717) is 10.0 Å². The minimum Gasteiger partial charge on any atom is -0.316 e. The van der Waals surface area contributed by atoms with Crippen molar-refractivity contribution >= 4 is 29.3 Å². The number of nitrogens with one attached hydrogen (secondary N) is 1. The zero-order valence-corrected chi connectivity index (χ0v) is 11.0. The predicted octanol–water partition coefficient (Wildman–Crippen LogP) is 4.40. The van der Waals surface area contributed by atoms with E-state index in [0.717, 1.165) is 25.1 Å². The highest BCUT2D eigenvalue weighted by atomic mass is 35.5. The Morgan fingerprint density at radius 1 is 1.25 bits per heavy atom. The molecule has 0 spiro atoms. The van der Waals surface area contributed by atoms with E-state index in [2.05, 4.69) is 18.3 Å². The molecule has 1 aromatic carbocycles. The molecule has 3 heteroatoms. The van der Waals surface area contributed by atoms with Crippen molar-refractivity contribution < 1.29 is 0 Å². The molecular formula is C13H17Cl2N. The van der Waals surface area contributed by atoms with Crippen LogP contribution in [0.25, 0.3) is 6.08 Å². The molecule has 0 aliphatic rings. The van der Waals surface area contributed by atoms with E-state index < -0.39 is 0 Å². The van der Waals surface area contributed by atoms with Crippen molar-refractivity contribution in [3.05, 3.63) is 39.9 Å². The summed E-state index contributed by atoms with van der Waals surface area (Å²) in [6, 6.07) is 5.66. The molecule has 1 aromatic rings. The van der Waals surface area contributed by atoms with E-state index in [-0.39, 0.29) is 0 Å². The zero-order chi connectivity index (χ0) is 11.8. The predicted molar refractivity (Wildman–Crippen MR) is 73.3 cm³/mol. The maximum absolute atomic E-state index is 6.06. The fraction of sp³-hybridized carbons (Fsp3) is 0.385. The Balaban J connectivity index is 2.41. The zero-order valence-electron chi connectivity index (χ0n) is 9.47. The third-order valence-corrected chi connectivity index (χ3v) is 3.03. The Kier molecular flexibility index (Phi) is 6.55. The summed E-state index contributed by atoms with van der Waals surface area (Å²) in [5, 5.41) is 4.57. The van der Waals surface area contributed by atoms with Crippen LogP contribution in [-0.2, 0) is 0 Å². The second kappa shape index (κ2) is 7.72. The van der Waals surface area contributed by atoms with Gasteiger partial charge in [-0.25, -0.2) is 0 Å². The molecule has 0 aliphatic heterocycles. The third-order valence-electron chi connectivity index (χ3n) is 2.19. The third kappa shape index (κ3) is 4.56. The first-order chi connectivity index (χ1) is 7.75. The van der Waals surface area contributed by atoms with Gasteiger partial charge in [-0.15, -0.1) is 0 Å². The summed E-state index contributed by atoms with van der Waals surface area (Å²) < 4.78 is 0. The van der Waals surface area contributed by atoms with Crippen molar-refractivity contribution in [1.29, 1.82) is 0 Å². The molecule has 0 fully saturated rings. The van der Waals surface area contributed by atoms with Gasteiger partial charge in [-0.05, 0) is 37.6 Å². The molecule has 0 aliphatic carbocycles. The lowest BCUT2D eigenvalue weighted by molar-refractivity contribution is 0.679. The van der Waals surface area contributed by atoms with Crippen LogP contribution in [0.4, 0.5) is 0 Å². The molecule has 1 rings (SSSR count). The lowest BCUT2D eigenvalue weighted by Gasteiger charge is -2.01. The van der Waals surface area contributed by atoms with Gasteiger partial charge in [-0.2, -0.15) is 0 Å². The van der Waals surface area contributed by atoms with Crippen LogP contribution < -0.4 is 5.32 Å². The van der Waals surface area contributed by atoms with E-state index >= 15 is 0 Å². The van der Waals surface area contributed by atoms with Crippen molar-refractivity contribution in [3.63, 3.8) is 0 Å². The molecule has 1 N–H and O–H groups in total. The Hall–Kier alpha value is -0.500. The van der Waals surface area contributed by atoms with Crippen molar-refractivity contribution in [2.24, 2.45) is 0 Å². The highest BCUT2D eigenvalue weighted by molar-refractivity contribution is 6.42. The van der Waals surface area contributed by atoms with Crippen LogP contribution >= 0.6 is 23.2 Å². The summed E-state index contributed by atoms with van der Waals surface area (Å²) in [5.41, 5.74) is 0.977. The van der Waals surface area contributed by atoms with E-state index in [1.807, 2.05) is 18.2 Å². The van der Waals surface area contributed by atoms with Crippen LogP contribution in [0.3, 0.4) is 0 Å². The molecule has 1 nitrogen and oxygen atoms in total. The van der Waals surface area contributed by atoms with Crippen LogP contribution in [0.15, 0.2) is 24.3 Å². The second-order valence-electron chi connectivity index (χ2n) is 3.58. The summed E-state index contributed by atoms with van der Waals surface area (Å²) in [5.74, 6) is 0. The van der Waals surface area contributed by atoms with Crippen LogP contribution in [-0.4, -0.2) is 13.1 Å². The molecule has 0 aromatic heterocycles. The Bertz CT molecular complexity index is 348. The fourth-order valence-corrected chi connectivity index (χ4v) is 1.72. The molecule has 0 bridgehead atoms. The lowest BCUT2D eigenvalue weighted by atomic mass is 10.2. The van der Waals surface area contributed by atoms with Gasteiger partial charge in [-0.1, -0.05) is 54.4 Å². The number of hydrogen-bond donors (Lipinski definition) is 1. The Morgan fingerprint density at radius 2 is 2.06 bits per heavy atom. The van der Waals surface area contributed by atoms with E-state index in [1.54, 1.807) is 6.07 Å². The summed E-state index contributed by atoms with van der Waals surface area (Å²) in [7, 11) is 0. The van der Waals surface area contributed by atoms with Crippen LogP contribution in [0.2, 0.25) is 10.0 Å². The maximum Gasteiger partial charge on any atom is 0.0664 e. The van der Waals surface area contributed by atoms with Gasteiger partial charge in [0.2, 0.25) is 0 Å². The minimum atomic E-state index is 0.605. The number of benzene rings is 1. The average molecular weight is 258 g/mol. The number of rotatable bonds is 6. The standard InChI is InChI=1S/C13H17Cl2N/c1-2-9-16-10-4-3-6-11-7-5-8-12(14)13(11)15/h3,5-8,16H,2,4,9-10H2,1H3. The van der Waals surface area contributed by atoms with E-state index in [9.17, 15) is 0 Å². The molecule has 0 atom stereocenters. The van der Waals surface area contributed by atoms with Crippen molar-refractivity contribution in [1.82, 2.24) is 5.32 Å². The fourth-order valence-electron chi connectivity index (χ4n) is 1.35. The number of hydrogen-bond acceptors (Lipinski definition) is 1. The maximum atomic E-state index is 6.06. The first-order valence-electron chi connectivity index (χ1n) is 5.57. The highest BCUT2D eigenvalue weighted by Gasteiger charge is 1.99. The van der Waals surface area contributed by atoms with Gasteiger partial charge in [0, 0.05) is 0 Å². The van der Waals surface area contributed by atoms with Gasteiger partial charge in [0.05, 0.1) is 10.0 Å². The van der Waals surface area contributed by atoms with Gasteiger partial charge in [0.15, 0.2) is 0 Å². The first-order valence-corrected chi connectivity index (χ1v) is 6.32. The highest BCUT2D eigenvalue weighted by Crippen LogP contribution is 2.26. The van der Waals surface area contributed by atoms with Crippen molar-refractivity contribution in [2.45, 2.75) is 19.8 Å². The van der Waals surface area contributed by atoms with Crippen LogP contribution in [0, 0.1) is 0 Å². The van der Waals surface area contributed by atoms with Gasteiger partial charge in [-0.3, -0.25) is 0 Å². The molecule has 0 heterocycles. The van der Waals surface area contributed by atoms with E-state index in [4.69, 9.17) is 23.2 Å². The SMILES string of the molecule is CCCNCCC=Cc1cccc(Cl)c1Cl. The van der Waals surface area contributed by atoms with E-state index in [1.165, 1.54) is 6.42 Å². The lowest BCUT2D eigenvalue weighted by Crippen LogP contribution is -2.14. The molecule has 88 valence electrons. The van der Waals surface area contributed by atoms with Crippen molar-refractivity contribution in [2.75, 3.05) is 13.1 Å². The molecular weight excluding hydrogens is 241 g/mol.